The predicted octanol–water partition coefficient (Wildman–Crippen LogP) is 3.14. The van der Waals surface area contributed by atoms with Gasteiger partial charge in [-0.25, -0.2) is 0 Å². The van der Waals surface area contributed by atoms with Gasteiger partial charge in [-0.2, -0.15) is 0 Å². The zero-order chi connectivity index (χ0) is 11.4. The van der Waals surface area contributed by atoms with Gasteiger partial charge in [-0.15, -0.1) is 0 Å². The molecule has 1 aromatic rings. The topological polar surface area (TPSA) is 35.2 Å². The second kappa shape index (κ2) is 5.85. The molecule has 15 heavy (non-hydrogen) atoms. The molecule has 1 rings (SSSR count). The molecule has 0 heterocycles. The van der Waals surface area contributed by atoms with Gasteiger partial charge in [0, 0.05) is 28.2 Å². The van der Waals surface area contributed by atoms with E-state index >= 15 is 0 Å². The van der Waals surface area contributed by atoms with Crippen molar-refractivity contribution in [1.82, 2.24) is 0 Å². The Labute approximate surface area is 104 Å². The van der Waals surface area contributed by atoms with Crippen molar-refractivity contribution in [3.05, 3.63) is 32.8 Å². The van der Waals surface area contributed by atoms with Crippen LogP contribution in [-0.2, 0) is 17.8 Å². The first-order valence-electron chi connectivity index (χ1n) is 4.76. The van der Waals surface area contributed by atoms with Gasteiger partial charge in [0.15, 0.2) is 0 Å². The summed E-state index contributed by atoms with van der Waals surface area (Å²) in [6.45, 7) is 2.49. The predicted molar refractivity (Wildman–Crippen MR) is 67.2 cm³/mol. The van der Waals surface area contributed by atoms with Gasteiger partial charge in [0.25, 0.3) is 0 Å². The monoisotopic (exact) mass is 291 g/mol. The third-order valence-electron chi connectivity index (χ3n) is 2.05. The standard InChI is InChI=1S/C11H15BrClNO/c1-7(14)3-8-4-10(12)9(6-15-2)11(13)5-8/h4-5,7H,3,6,14H2,1-2H3. The SMILES string of the molecule is COCc1c(Cl)cc(CC(C)N)cc1Br. The molecule has 0 aliphatic carbocycles. The average molecular weight is 293 g/mol. The molecule has 0 bridgehead atoms. The largest absolute Gasteiger partial charge is 0.380 e. The average Bonchev–Trinajstić information content (AvgIpc) is 2.10. The van der Waals surface area contributed by atoms with Crippen LogP contribution in [0.2, 0.25) is 5.02 Å². The van der Waals surface area contributed by atoms with Crippen LogP contribution in [0.15, 0.2) is 16.6 Å². The quantitative estimate of drug-likeness (QED) is 0.925. The Morgan fingerprint density at radius 1 is 1.53 bits per heavy atom. The fraction of sp³-hybridized carbons (Fsp3) is 0.455. The summed E-state index contributed by atoms with van der Waals surface area (Å²) in [5, 5.41) is 0.724. The summed E-state index contributed by atoms with van der Waals surface area (Å²) in [7, 11) is 1.65. The van der Waals surface area contributed by atoms with E-state index in [1.54, 1.807) is 7.11 Å². The highest BCUT2D eigenvalue weighted by Gasteiger charge is 2.08. The molecule has 0 spiro atoms. The Bertz CT molecular complexity index is 318. The normalized spacial score (nSPS) is 12.9. The number of benzene rings is 1. The summed E-state index contributed by atoms with van der Waals surface area (Å²) in [5.41, 5.74) is 7.86. The molecule has 1 atom stereocenters. The smallest absolute Gasteiger partial charge is 0.0738 e. The van der Waals surface area contributed by atoms with Crippen molar-refractivity contribution < 1.29 is 4.74 Å². The fourth-order valence-corrected chi connectivity index (χ4v) is 2.46. The van der Waals surface area contributed by atoms with Crippen LogP contribution in [0.1, 0.15) is 18.1 Å². The van der Waals surface area contributed by atoms with Gasteiger partial charge < -0.3 is 10.5 Å². The van der Waals surface area contributed by atoms with E-state index in [4.69, 9.17) is 22.1 Å². The Balaban J connectivity index is 2.97. The summed E-state index contributed by atoms with van der Waals surface area (Å²) in [6, 6.07) is 4.13. The number of hydrogen-bond acceptors (Lipinski definition) is 2. The molecule has 4 heteroatoms. The summed E-state index contributed by atoms with van der Waals surface area (Å²) >= 11 is 9.63. The lowest BCUT2D eigenvalue weighted by atomic mass is 10.1. The van der Waals surface area contributed by atoms with E-state index < -0.39 is 0 Å². The molecule has 0 fully saturated rings. The zero-order valence-corrected chi connectivity index (χ0v) is 11.2. The molecule has 0 aliphatic heterocycles. The molecular formula is C11H15BrClNO. The Kier molecular flexibility index (Phi) is 5.06. The Morgan fingerprint density at radius 3 is 2.67 bits per heavy atom. The van der Waals surface area contributed by atoms with Crippen LogP contribution in [0, 0.1) is 0 Å². The Morgan fingerprint density at radius 2 is 2.20 bits per heavy atom. The van der Waals surface area contributed by atoms with Crippen LogP contribution >= 0.6 is 27.5 Å². The van der Waals surface area contributed by atoms with E-state index in [0.717, 1.165) is 27.0 Å². The summed E-state index contributed by atoms with van der Waals surface area (Å²) in [6.07, 6.45) is 0.825. The summed E-state index contributed by atoms with van der Waals surface area (Å²) in [4.78, 5) is 0. The minimum atomic E-state index is 0.140. The number of halogens is 2. The van der Waals surface area contributed by atoms with Gasteiger partial charge in [0.05, 0.1) is 6.61 Å². The third kappa shape index (κ3) is 3.76. The maximum absolute atomic E-state index is 6.15. The van der Waals surface area contributed by atoms with Gasteiger partial charge in [-0.3, -0.25) is 0 Å². The van der Waals surface area contributed by atoms with E-state index in [0.29, 0.717) is 6.61 Å². The van der Waals surface area contributed by atoms with E-state index in [-0.39, 0.29) is 6.04 Å². The van der Waals surface area contributed by atoms with Crippen LogP contribution in [0.4, 0.5) is 0 Å². The number of methoxy groups -OCH3 is 1. The van der Waals surface area contributed by atoms with E-state index in [1.165, 1.54) is 0 Å². The highest BCUT2D eigenvalue weighted by Crippen LogP contribution is 2.28. The van der Waals surface area contributed by atoms with Crippen molar-refractivity contribution in [2.24, 2.45) is 5.73 Å². The lowest BCUT2D eigenvalue weighted by Gasteiger charge is -2.11. The fourth-order valence-electron chi connectivity index (χ4n) is 1.43. The summed E-state index contributed by atoms with van der Waals surface area (Å²) < 4.78 is 6.05. The maximum Gasteiger partial charge on any atom is 0.0738 e. The number of rotatable bonds is 4. The first kappa shape index (κ1) is 13.0. The van der Waals surface area contributed by atoms with Crippen molar-refractivity contribution in [2.75, 3.05) is 7.11 Å². The van der Waals surface area contributed by atoms with E-state index in [9.17, 15) is 0 Å². The molecule has 0 aliphatic rings. The molecule has 1 aromatic carbocycles. The molecule has 0 saturated heterocycles. The van der Waals surface area contributed by atoms with Crippen molar-refractivity contribution in [2.45, 2.75) is 26.0 Å². The van der Waals surface area contributed by atoms with Crippen molar-refractivity contribution in [3.63, 3.8) is 0 Å². The van der Waals surface area contributed by atoms with Gasteiger partial charge in [-0.1, -0.05) is 27.5 Å². The Hall–Kier alpha value is -0.0900. The van der Waals surface area contributed by atoms with E-state index in [2.05, 4.69) is 15.9 Å². The van der Waals surface area contributed by atoms with Crippen LogP contribution < -0.4 is 5.73 Å². The first-order valence-corrected chi connectivity index (χ1v) is 5.93. The molecule has 0 radical (unpaired) electrons. The van der Waals surface area contributed by atoms with Crippen molar-refractivity contribution in [3.8, 4) is 0 Å². The highest BCUT2D eigenvalue weighted by molar-refractivity contribution is 9.10. The second-order valence-corrected chi connectivity index (χ2v) is 4.91. The molecule has 0 aromatic heterocycles. The van der Waals surface area contributed by atoms with Crippen LogP contribution in [-0.4, -0.2) is 13.2 Å². The summed E-state index contributed by atoms with van der Waals surface area (Å²) in [5.74, 6) is 0. The van der Waals surface area contributed by atoms with E-state index in [1.807, 2.05) is 19.1 Å². The molecule has 0 saturated carbocycles. The molecule has 84 valence electrons. The minimum Gasteiger partial charge on any atom is -0.380 e. The lowest BCUT2D eigenvalue weighted by molar-refractivity contribution is 0.184. The first-order chi connectivity index (χ1) is 7.04. The van der Waals surface area contributed by atoms with Crippen LogP contribution in [0.25, 0.3) is 0 Å². The lowest BCUT2D eigenvalue weighted by Crippen LogP contribution is -2.17. The molecule has 2 nitrogen and oxygen atoms in total. The van der Waals surface area contributed by atoms with Crippen molar-refractivity contribution in [1.29, 1.82) is 0 Å². The third-order valence-corrected chi connectivity index (χ3v) is 3.09. The van der Waals surface area contributed by atoms with Crippen LogP contribution in [0.5, 0.6) is 0 Å². The molecule has 0 amide bonds. The molecular weight excluding hydrogens is 277 g/mol. The van der Waals surface area contributed by atoms with Gasteiger partial charge in [0.2, 0.25) is 0 Å². The van der Waals surface area contributed by atoms with Gasteiger partial charge in [-0.05, 0) is 31.0 Å². The second-order valence-electron chi connectivity index (χ2n) is 3.65. The maximum atomic E-state index is 6.15. The number of nitrogens with two attached hydrogens (primary N) is 1. The molecule has 2 N–H and O–H groups in total. The zero-order valence-electron chi connectivity index (χ0n) is 8.89. The minimum absolute atomic E-state index is 0.140. The van der Waals surface area contributed by atoms with Gasteiger partial charge >= 0.3 is 0 Å². The number of hydrogen-bond donors (Lipinski definition) is 1. The van der Waals surface area contributed by atoms with Crippen LogP contribution in [0.3, 0.4) is 0 Å². The van der Waals surface area contributed by atoms with Crippen molar-refractivity contribution >= 4 is 27.5 Å². The molecule has 1 unspecified atom stereocenters. The highest BCUT2D eigenvalue weighted by atomic mass is 79.9. The van der Waals surface area contributed by atoms with Gasteiger partial charge in [0.1, 0.15) is 0 Å². The number of ether oxygens (including phenoxy) is 1.